The molecule has 0 aliphatic heterocycles. The van der Waals surface area contributed by atoms with Gasteiger partial charge >= 0.3 is 5.97 Å². The molecule has 0 amide bonds. The lowest BCUT2D eigenvalue weighted by molar-refractivity contribution is -0.154. The summed E-state index contributed by atoms with van der Waals surface area (Å²) >= 11 is 0. The topological polar surface area (TPSA) is 72.8 Å². The number of Topliss-reactive ketones (excluding diaryl/α,β-unsaturated/α-hetero) is 1. The smallest absolute Gasteiger partial charge is 0.308 e. The van der Waals surface area contributed by atoms with Crippen molar-refractivity contribution in [2.75, 3.05) is 21.0 Å². The predicted molar refractivity (Wildman–Crippen MR) is 55.3 cm³/mol. The third kappa shape index (κ3) is 13.1. The van der Waals surface area contributed by atoms with Crippen molar-refractivity contribution in [1.29, 1.82) is 1.43 Å². The van der Waals surface area contributed by atoms with E-state index in [1.807, 2.05) is 6.92 Å². The number of carbonyl (C=O) groups is 2. The molecule has 0 aromatic rings. The van der Waals surface area contributed by atoms with Crippen molar-refractivity contribution in [1.82, 2.24) is 0 Å². The number of ether oxygens (including phenoxy) is 2. The summed E-state index contributed by atoms with van der Waals surface area (Å²) in [5, 5.41) is 3.50. The van der Waals surface area contributed by atoms with Gasteiger partial charge in [-0.15, -0.1) is 0 Å². The zero-order valence-corrected chi connectivity index (χ0v) is 9.45. The number of methoxy groups -OCH3 is 1. The number of ketones is 1. The Kier molecular flexibility index (Phi) is 10.6. The van der Waals surface area contributed by atoms with Crippen LogP contribution in [0.1, 0.15) is 34.0 Å². The van der Waals surface area contributed by atoms with E-state index in [9.17, 15) is 9.59 Å². The van der Waals surface area contributed by atoms with E-state index >= 15 is 0 Å². The van der Waals surface area contributed by atoms with Gasteiger partial charge in [0.2, 0.25) is 1.43 Å². The number of carbonyl (C=O) groups excluding carboxylic acids is 2. The number of hydrogen-bond donors (Lipinski definition) is 1. The highest BCUT2D eigenvalue weighted by molar-refractivity contribution is 5.82. The Labute approximate surface area is 93.3 Å². The molecular formula is C10H20O5. The summed E-state index contributed by atoms with van der Waals surface area (Å²) in [5.41, 5.74) is 0. The zero-order valence-electron chi connectivity index (χ0n) is 11.4. The second-order valence-corrected chi connectivity index (χ2v) is 2.61. The predicted octanol–water partition coefficient (Wildman–Crippen LogP) is 0.891. The molecule has 5 nitrogen and oxygen atoms in total. The van der Waals surface area contributed by atoms with Gasteiger partial charge < -0.3 is 14.6 Å². The monoisotopic (exact) mass is 223 g/mol. The molecule has 0 radical (unpaired) electrons. The normalized spacial score (nSPS) is 12.7. The maximum absolute atomic E-state index is 11.0. The van der Waals surface area contributed by atoms with E-state index < -0.39 is 12.7 Å². The quantitative estimate of drug-likeness (QED) is 0.512. The maximum atomic E-state index is 11.0. The van der Waals surface area contributed by atoms with Gasteiger partial charge in [0.1, 0.15) is 7.15 Å². The van der Waals surface area contributed by atoms with Crippen LogP contribution in [0.4, 0.5) is 0 Å². The molecule has 0 heterocycles. The van der Waals surface area contributed by atoms with E-state index in [-0.39, 0.29) is 18.6 Å². The number of aliphatic hydroxyl groups is 1. The van der Waals surface area contributed by atoms with Gasteiger partial charge in [-0.2, -0.15) is 0 Å². The van der Waals surface area contributed by atoms with E-state index in [1.165, 1.54) is 14.2 Å². The molecule has 0 rings (SSSR count). The maximum Gasteiger partial charge on any atom is 0.308 e. The number of rotatable bonds is 7. The molecule has 0 aliphatic carbocycles. The molecule has 0 fully saturated rings. The fourth-order valence-corrected chi connectivity index (χ4v) is 0.806. The van der Waals surface area contributed by atoms with Crippen LogP contribution in [0.5, 0.6) is 0 Å². The molecule has 5 heteroatoms. The van der Waals surface area contributed by atoms with Crippen LogP contribution in [0.15, 0.2) is 0 Å². The van der Waals surface area contributed by atoms with Crippen LogP contribution in [0.2, 0.25) is 0 Å². The lowest BCUT2D eigenvalue weighted by atomic mass is 10.1. The van der Waals surface area contributed by atoms with E-state index in [0.29, 0.717) is 6.42 Å². The summed E-state index contributed by atoms with van der Waals surface area (Å²) in [4.78, 5) is 22.0. The van der Waals surface area contributed by atoms with E-state index in [1.54, 1.807) is 0 Å². The molecular weight excluding hydrogens is 200 g/mol. The Hall–Kier alpha value is -0.940. The van der Waals surface area contributed by atoms with Crippen LogP contribution < -0.4 is 0 Å². The molecule has 1 unspecified atom stereocenters. The van der Waals surface area contributed by atoms with Crippen LogP contribution in [-0.2, 0) is 19.1 Å². The van der Waals surface area contributed by atoms with Crippen molar-refractivity contribution >= 4 is 11.8 Å². The lowest BCUT2D eigenvalue weighted by Crippen LogP contribution is -2.09. The fourth-order valence-electron chi connectivity index (χ4n) is 0.806. The fraction of sp³-hybridized carbons (Fsp3) is 0.800. The van der Waals surface area contributed by atoms with Gasteiger partial charge in [0, 0.05) is 27.1 Å². The minimum atomic E-state index is -1.29. The third-order valence-corrected chi connectivity index (χ3v) is 1.41. The highest BCUT2D eigenvalue weighted by atomic mass is 16.7. The summed E-state index contributed by atoms with van der Waals surface area (Å²) in [7, 11) is 2.56. The Balaban J connectivity index is 0. The van der Waals surface area contributed by atoms with Gasteiger partial charge in [-0.1, -0.05) is 6.92 Å². The van der Waals surface area contributed by atoms with Gasteiger partial charge in [0.05, 0.1) is 6.42 Å². The van der Waals surface area contributed by atoms with Crippen molar-refractivity contribution in [3.8, 4) is 0 Å². The first-order valence-corrected chi connectivity index (χ1v) is 4.67. The Morgan fingerprint density at radius 2 is 2.07 bits per heavy atom. The van der Waals surface area contributed by atoms with E-state index in [4.69, 9.17) is 2.80 Å². The Morgan fingerprint density at radius 1 is 1.47 bits per heavy atom. The van der Waals surface area contributed by atoms with Crippen molar-refractivity contribution in [2.24, 2.45) is 0 Å². The van der Waals surface area contributed by atoms with Gasteiger partial charge in [-0.3, -0.25) is 9.59 Å². The van der Waals surface area contributed by atoms with Gasteiger partial charge in [0.15, 0.2) is 6.77 Å². The van der Waals surface area contributed by atoms with Crippen molar-refractivity contribution < 1.29 is 25.5 Å². The second-order valence-electron chi connectivity index (χ2n) is 2.61. The summed E-state index contributed by atoms with van der Waals surface area (Å²) in [6, 6.07) is 0. The van der Waals surface area contributed by atoms with E-state index in [2.05, 4.69) is 14.6 Å². The molecule has 0 aliphatic rings. The van der Waals surface area contributed by atoms with Crippen molar-refractivity contribution in [3.63, 3.8) is 0 Å². The average molecular weight is 223 g/mol. The first-order valence-electron chi connectivity index (χ1n) is 5.65. The first-order chi connectivity index (χ1) is 8.01. The molecule has 90 valence electrons. The summed E-state index contributed by atoms with van der Waals surface area (Å²) in [5.74, 6) is -0.528. The van der Waals surface area contributed by atoms with Crippen LogP contribution in [-0.4, -0.2) is 39.3 Å². The van der Waals surface area contributed by atoms with Gasteiger partial charge in [0.25, 0.3) is 0 Å². The van der Waals surface area contributed by atoms with Crippen LogP contribution in [0.25, 0.3) is 0 Å². The highest BCUT2D eigenvalue weighted by Gasteiger charge is 2.06. The molecule has 0 aromatic carbocycles. The SMILES string of the molecule is [2H]C(OC)OC(=O)CCC(=O)CCC.[3H]OC. The minimum Gasteiger partial charge on any atom is -0.438 e. The summed E-state index contributed by atoms with van der Waals surface area (Å²) in [6.45, 7) is 0.616. The summed E-state index contributed by atoms with van der Waals surface area (Å²) in [6.07, 6.45) is 1.48. The Morgan fingerprint density at radius 3 is 2.53 bits per heavy atom. The molecule has 0 spiro atoms. The van der Waals surface area contributed by atoms with Gasteiger partial charge in [-0.25, -0.2) is 0 Å². The zero-order chi connectivity index (χ0) is 13.7. The van der Waals surface area contributed by atoms with Crippen molar-refractivity contribution in [3.05, 3.63) is 0 Å². The van der Waals surface area contributed by atoms with Crippen LogP contribution >= 0.6 is 0 Å². The molecule has 0 aromatic heterocycles. The highest BCUT2D eigenvalue weighted by Crippen LogP contribution is 1.99. The van der Waals surface area contributed by atoms with Crippen LogP contribution in [0, 0.1) is 0 Å². The van der Waals surface area contributed by atoms with Gasteiger partial charge in [-0.05, 0) is 6.42 Å². The molecule has 0 saturated carbocycles. The lowest BCUT2D eigenvalue weighted by Gasteiger charge is -2.01. The Bertz CT molecular complexity index is 211. The molecule has 1 N–H and O–H groups in total. The number of hydrogen-bond acceptors (Lipinski definition) is 5. The third-order valence-electron chi connectivity index (χ3n) is 1.41. The van der Waals surface area contributed by atoms with E-state index in [0.717, 1.165) is 6.42 Å². The minimum absolute atomic E-state index is 0.0254. The number of aliphatic hydroxyl groups excluding tert-OH is 1. The molecule has 1 atom stereocenters. The second kappa shape index (κ2) is 13.1. The first kappa shape index (κ1) is 12.1. The van der Waals surface area contributed by atoms with Crippen molar-refractivity contribution in [2.45, 2.75) is 32.6 Å². The molecule has 15 heavy (non-hydrogen) atoms. The number of esters is 1. The summed E-state index contributed by atoms with van der Waals surface area (Å²) < 4.78 is 21.6. The standard InChI is InChI=1S/C9H16O4.CH4O/c1-3-4-8(10)5-6-9(11)13-7-12-2;1-2/h3-7H2,1-2H3;2H,1H3/i7D;2T. The van der Waals surface area contributed by atoms with Crippen LogP contribution in [0.3, 0.4) is 0 Å². The molecule has 0 saturated heterocycles. The average Bonchev–Trinajstić information content (AvgIpc) is 2.27. The molecule has 0 bridgehead atoms. The largest absolute Gasteiger partial charge is 0.438 e.